The van der Waals surface area contributed by atoms with Crippen molar-refractivity contribution in [2.24, 2.45) is 0 Å². The van der Waals surface area contributed by atoms with Crippen LogP contribution < -0.4 is 10.6 Å². The predicted octanol–water partition coefficient (Wildman–Crippen LogP) is 2.29. The van der Waals surface area contributed by atoms with Gasteiger partial charge in [-0.25, -0.2) is 9.07 Å². The molecule has 4 aromatic rings. The molecule has 2 aliphatic rings. The number of hydrogen-bond donors (Lipinski definition) is 3. The molecule has 6 rings (SSSR count). The van der Waals surface area contributed by atoms with E-state index in [1.165, 1.54) is 12.1 Å². The first-order valence-electron chi connectivity index (χ1n) is 11.7. The van der Waals surface area contributed by atoms with E-state index in [2.05, 4.69) is 20.7 Å². The molecule has 0 bridgehead atoms. The Balaban J connectivity index is 1.10. The van der Waals surface area contributed by atoms with Crippen molar-refractivity contribution < 1.29 is 14.0 Å². The van der Waals surface area contributed by atoms with Crippen LogP contribution in [0.1, 0.15) is 17.5 Å². The van der Waals surface area contributed by atoms with Crippen LogP contribution in [-0.4, -0.2) is 56.1 Å². The third-order valence-corrected chi connectivity index (χ3v) is 6.90. The van der Waals surface area contributed by atoms with Gasteiger partial charge in [-0.1, -0.05) is 24.3 Å². The van der Waals surface area contributed by atoms with Crippen molar-refractivity contribution >= 4 is 22.7 Å². The molecule has 0 unspecified atom stereocenters. The molecule has 0 spiro atoms. The Morgan fingerprint density at radius 2 is 2.03 bits per heavy atom. The molecule has 35 heavy (non-hydrogen) atoms. The van der Waals surface area contributed by atoms with Gasteiger partial charge in [-0.3, -0.25) is 9.59 Å². The van der Waals surface area contributed by atoms with Crippen LogP contribution in [0.3, 0.4) is 0 Å². The first-order chi connectivity index (χ1) is 17.0. The topological polar surface area (TPSA) is 95.1 Å². The van der Waals surface area contributed by atoms with Crippen LogP contribution in [0.2, 0.25) is 0 Å². The smallest absolute Gasteiger partial charge is 0.246 e. The minimum Gasteiger partial charge on any atom is -0.361 e. The highest BCUT2D eigenvalue weighted by Gasteiger charge is 2.46. The number of nitrogens with zero attached hydrogens (tertiary/aromatic N) is 3. The van der Waals surface area contributed by atoms with Crippen LogP contribution in [-0.2, 0) is 22.6 Å². The number of H-pyrrole nitrogens is 1. The van der Waals surface area contributed by atoms with Crippen LogP contribution in [0.4, 0.5) is 4.39 Å². The summed E-state index contributed by atoms with van der Waals surface area (Å²) in [5.74, 6) is -0.452. The number of fused-ring (bicyclic) bond motifs is 2. The molecule has 2 amide bonds. The number of aromatic nitrogens is 3. The lowest BCUT2D eigenvalue weighted by atomic mass is 10.0. The van der Waals surface area contributed by atoms with Crippen LogP contribution in [0.15, 0.2) is 67.1 Å². The number of amides is 2. The summed E-state index contributed by atoms with van der Waals surface area (Å²) in [6, 6.07) is 13.2. The molecule has 0 radical (unpaired) electrons. The summed E-state index contributed by atoms with van der Waals surface area (Å²) in [6.45, 7) is 1.02. The van der Waals surface area contributed by atoms with Gasteiger partial charge in [0, 0.05) is 54.4 Å². The number of hydrogen-bond acceptors (Lipinski definition) is 4. The Morgan fingerprint density at radius 3 is 2.91 bits per heavy atom. The molecule has 4 heterocycles. The lowest BCUT2D eigenvalue weighted by Crippen LogP contribution is -2.61. The van der Waals surface area contributed by atoms with E-state index in [1.54, 1.807) is 27.9 Å². The number of para-hydroxylation sites is 1. The largest absolute Gasteiger partial charge is 0.361 e. The van der Waals surface area contributed by atoms with E-state index in [4.69, 9.17) is 0 Å². The third kappa shape index (κ3) is 4.08. The first kappa shape index (κ1) is 21.5. The molecular formula is C26H25FN6O2. The number of piperazine rings is 1. The number of rotatable bonds is 6. The van der Waals surface area contributed by atoms with Crippen molar-refractivity contribution in [2.45, 2.75) is 37.5 Å². The molecule has 2 aromatic heterocycles. The van der Waals surface area contributed by atoms with E-state index in [0.29, 0.717) is 31.6 Å². The van der Waals surface area contributed by atoms with Gasteiger partial charge in [0.2, 0.25) is 11.8 Å². The number of benzene rings is 2. The normalized spacial score (nSPS) is 22.0. The maximum Gasteiger partial charge on any atom is 0.246 e. The molecule has 2 aliphatic heterocycles. The highest BCUT2D eigenvalue weighted by Crippen LogP contribution is 2.26. The molecule has 3 atom stereocenters. The summed E-state index contributed by atoms with van der Waals surface area (Å²) < 4.78 is 15.1. The standard InChI is InChI=1S/C26H25FN6O2/c27-18-4-3-5-20(9-18)33-14-16(12-30-33)11-28-19-10-24-25(34)31-23(26(35)32(24)15-19)8-17-13-29-22-7-2-1-6-21(17)22/h1-7,9,12-14,19,23-24,28-29H,8,10-11,15H2,(H,31,34)/t19-,23-,24-/m0/s1. The lowest BCUT2D eigenvalue weighted by molar-refractivity contribution is -0.146. The average Bonchev–Trinajstić information content (AvgIpc) is 3.60. The second-order valence-corrected chi connectivity index (χ2v) is 9.22. The number of carbonyl (C=O) groups is 2. The second kappa shape index (κ2) is 8.66. The summed E-state index contributed by atoms with van der Waals surface area (Å²) in [5.41, 5.74) is 3.62. The molecule has 178 valence electrons. The van der Waals surface area contributed by atoms with Crippen LogP contribution in [0.25, 0.3) is 16.6 Å². The fourth-order valence-electron chi connectivity index (χ4n) is 5.14. The Bertz CT molecular complexity index is 1410. The highest BCUT2D eigenvalue weighted by molar-refractivity contribution is 5.98. The molecular weight excluding hydrogens is 447 g/mol. The van der Waals surface area contributed by atoms with Crippen molar-refractivity contribution in [1.82, 2.24) is 30.3 Å². The zero-order chi connectivity index (χ0) is 23.9. The van der Waals surface area contributed by atoms with Gasteiger partial charge in [0.1, 0.15) is 17.9 Å². The zero-order valence-electron chi connectivity index (χ0n) is 18.9. The average molecular weight is 473 g/mol. The van der Waals surface area contributed by atoms with Gasteiger partial charge >= 0.3 is 0 Å². The maximum atomic E-state index is 13.5. The zero-order valence-corrected chi connectivity index (χ0v) is 18.9. The van der Waals surface area contributed by atoms with Crippen molar-refractivity contribution in [3.05, 3.63) is 84.1 Å². The molecule has 3 N–H and O–H groups in total. The quantitative estimate of drug-likeness (QED) is 0.401. The number of halogens is 1. The minimum atomic E-state index is -0.568. The molecule has 0 aliphatic carbocycles. The molecule has 2 fully saturated rings. The summed E-state index contributed by atoms with van der Waals surface area (Å²) >= 11 is 0. The first-order valence-corrected chi connectivity index (χ1v) is 11.7. The minimum absolute atomic E-state index is 0.000872. The Hall–Kier alpha value is -3.98. The SMILES string of the molecule is O=C1N[C@@H](Cc2c[nH]c3ccccc23)C(=O)N2C[C@@H](NCc3cnn(-c4cccc(F)c4)c3)C[C@@H]12. The van der Waals surface area contributed by atoms with E-state index in [9.17, 15) is 14.0 Å². The molecule has 9 heteroatoms. The van der Waals surface area contributed by atoms with E-state index in [-0.39, 0.29) is 23.7 Å². The summed E-state index contributed by atoms with van der Waals surface area (Å²) in [5, 5.41) is 11.8. The van der Waals surface area contributed by atoms with Gasteiger partial charge < -0.3 is 20.5 Å². The Morgan fingerprint density at radius 1 is 1.14 bits per heavy atom. The Kier molecular flexibility index (Phi) is 5.33. The summed E-state index contributed by atoms with van der Waals surface area (Å²) in [7, 11) is 0. The summed E-state index contributed by atoms with van der Waals surface area (Å²) in [6.07, 6.45) is 6.51. The monoisotopic (exact) mass is 472 g/mol. The van der Waals surface area contributed by atoms with E-state index < -0.39 is 12.1 Å². The second-order valence-electron chi connectivity index (χ2n) is 9.22. The van der Waals surface area contributed by atoms with Crippen molar-refractivity contribution in [3.8, 4) is 5.69 Å². The van der Waals surface area contributed by atoms with Crippen molar-refractivity contribution in [1.29, 1.82) is 0 Å². The number of carbonyl (C=O) groups excluding carboxylic acids is 2. The van der Waals surface area contributed by atoms with Gasteiger partial charge in [-0.2, -0.15) is 5.10 Å². The molecule has 8 nitrogen and oxygen atoms in total. The van der Waals surface area contributed by atoms with E-state index >= 15 is 0 Å². The van der Waals surface area contributed by atoms with E-state index in [1.807, 2.05) is 36.7 Å². The Labute approximate surface area is 201 Å². The molecule has 0 saturated carbocycles. The lowest BCUT2D eigenvalue weighted by Gasteiger charge is -2.34. The van der Waals surface area contributed by atoms with Gasteiger partial charge in [0.15, 0.2) is 0 Å². The number of nitrogens with one attached hydrogen (secondary N) is 3. The fourth-order valence-corrected chi connectivity index (χ4v) is 5.14. The van der Waals surface area contributed by atoms with Crippen LogP contribution in [0.5, 0.6) is 0 Å². The summed E-state index contributed by atoms with van der Waals surface area (Å²) in [4.78, 5) is 31.0. The number of aromatic amines is 1. The predicted molar refractivity (Wildman–Crippen MR) is 128 cm³/mol. The molecule has 2 aromatic carbocycles. The highest BCUT2D eigenvalue weighted by atomic mass is 19.1. The van der Waals surface area contributed by atoms with Crippen LogP contribution >= 0.6 is 0 Å². The van der Waals surface area contributed by atoms with Gasteiger partial charge in [0.25, 0.3) is 0 Å². The van der Waals surface area contributed by atoms with Crippen molar-refractivity contribution in [2.75, 3.05) is 6.54 Å². The maximum absolute atomic E-state index is 13.5. The van der Waals surface area contributed by atoms with E-state index in [0.717, 1.165) is 22.0 Å². The van der Waals surface area contributed by atoms with Gasteiger partial charge in [-0.05, 0) is 36.2 Å². The van der Waals surface area contributed by atoms with Gasteiger partial charge in [0.05, 0.1) is 11.9 Å². The van der Waals surface area contributed by atoms with Gasteiger partial charge in [-0.15, -0.1) is 0 Å². The van der Waals surface area contributed by atoms with Crippen molar-refractivity contribution in [3.63, 3.8) is 0 Å². The fraction of sp³-hybridized carbons (Fsp3) is 0.269. The third-order valence-electron chi connectivity index (χ3n) is 6.90. The molecule has 2 saturated heterocycles. The van der Waals surface area contributed by atoms with Crippen LogP contribution in [0, 0.1) is 5.82 Å².